The van der Waals surface area contributed by atoms with Gasteiger partial charge in [0.2, 0.25) is 0 Å². The summed E-state index contributed by atoms with van der Waals surface area (Å²) in [5, 5.41) is 0.801. The molecule has 110 valence electrons. The quantitative estimate of drug-likeness (QED) is 0.562. The van der Waals surface area contributed by atoms with Crippen molar-refractivity contribution in [1.29, 1.82) is 0 Å². The second kappa shape index (κ2) is 6.78. The Balaban J connectivity index is 2.43. The highest BCUT2D eigenvalue weighted by atomic mass is 31.2. The summed E-state index contributed by atoms with van der Waals surface area (Å²) in [6.45, 7) is 7.66. The summed E-state index contributed by atoms with van der Waals surface area (Å²) in [6, 6.07) is 15.4. The van der Waals surface area contributed by atoms with Crippen molar-refractivity contribution < 1.29 is 9.09 Å². The van der Waals surface area contributed by atoms with Crippen LogP contribution in [-0.2, 0) is 4.57 Å². The van der Waals surface area contributed by atoms with Gasteiger partial charge in [-0.25, -0.2) is 0 Å². The van der Waals surface area contributed by atoms with Crippen molar-refractivity contribution in [3.8, 4) is 5.75 Å². The van der Waals surface area contributed by atoms with E-state index in [4.69, 9.17) is 4.52 Å². The molecule has 0 saturated heterocycles. The number of rotatable bonds is 6. The van der Waals surface area contributed by atoms with Gasteiger partial charge >= 0.3 is 0 Å². The summed E-state index contributed by atoms with van der Waals surface area (Å²) < 4.78 is 19.5. The Kier molecular flexibility index (Phi) is 5.03. The monoisotopic (exact) mass is 300 g/mol. The molecule has 0 aromatic heterocycles. The molecule has 1 atom stereocenters. The minimum Gasteiger partial charge on any atom is -0.440 e. The average Bonchev–Trinajstić information content (AvgIpc) is 2.48. The topological polar surface area (TPSA) is 26.3 Å². The first kappa shape index (κ1) is 15.6. The predicted octanol–water partition coefficient (Wildman–Crippen LogP) is 4.86. The summed E-state index contributed by atoms with van der Waals surface area (Å²) in [5.74, 6) is 0.688. The van der Waals surface area contributed by atoms with E-state index in [0.717, 1.165) is 16.4 Å². The molecule has 0 aliphatic carbocycles. The first-order chi connectivity index (χ1) is 10.1. The van der Waals surface area contributed by atoms with Crippen LogP contribution in [0.2, 0.25) is 0 Å². The highest BCUT2D eigenvalue weighted by Crippen LogP contribution is 2.48. The normalized spacial score (nSPS) is 13.4. The van der Waals surface area contributed by atoms with Gasteiger partial charge in [-0.2, -0.15) is 0 Å². The van der Waals surface area contributed by atoms with E-state index in [1.165, 1.54) is 0 Å². The maximum atomic E-state index is 13.4. The van der Waals surface area contributed by atoms with Gasteiger partial charge < -0.3 is 4.52 Å². The Morgan fingerprint density at radius 3 is 2.29 bits per heavy atom. The average molecular weight is 300 g/mol. The van der Waals surface area contributed by atoms with Gasteiger partial charge in [0.25, 0.3) is 7.37 Å². The van der Waals surface area contributed by atoms with Crippen LogP contribution in [0.1, 0.15) is 17.5 Å². The summed E-state index contributed by atoms with van der Waals surface area (Å²) in [5.41, 5.74) is 1.99. The molecule has 2 aromatic carbocycles. The Morgan fingerprint density at radius 1 is 1.05 bits per heavy atom. The highest BCUT2D eigenvalue weighted by molar-refractivity contribution is 7.67. The molecule has 0 amide bonds. The summed E-state index contributed by atoms with van der Waals surface area (Å²) in [6.07, 6.45) is 2.92. The lowest BCUT2D eigenvalue weighted by Crippen LogP contribution is -2.15. The molecule has 1 unspecified atom stereocenters. The van der Waals surface area contributed by atoms with Crippen molar-refractivity contribution in [2.24, 2.45) is 0 Å². The van der Waals surface area contributed by atoms with Crippen LogP contribution in [0.4, 0.5) is 0 Å². The van der Waals surface area contributed by atoms with Crippen LogP contribution in [0, 0.1) is 13.8 Å². The van der Waals surface area contributed by atoms with Crippen LogP contribution in [0.5, 0.6) is 5.75 Å². The van der Waals surface area contributed by atoms with Crippen LogP contribution in [-0.4, -0.2) is 6.16 Å². The van der Waals surface area contributed by atoms with Crippen LogP contribution in [0.3, 0.4) is 0 Å². The van der Waals surface area contributed by atoms with Gasteiger partial charge in [-0.05, 0) is 43.5 Å². The molecule has 3 heteroatoms. The van der Waals surface area contributed by atoms with Crippen molar-refractivity contribution in [3.63, 3.8) is 0 Å². The molecule has 0 fully saturated rings. The largest absolute Gasteiger partial charge is 0.440 e. The molecule has 2 rings (SSSR count). The van der Waals surface area contributed by atoms with Gasteiger partial charge in [0.1, 0.15) is 5.75 Å². The SMILES string of the molecule is C=CCCP(=O)(Oc1ccccc1C)c1ccccc1C. The Morgan fingerprint density at radius 2 is 1.67 bits per heavy atom. The van der Waals surface area contributed by atoms with E-state index < -0.39 is 7.37 Å². The van der Waals surface area contributed by atoms with E-state index in [9.17, 15) is 4.57 Å². The van der Waals surface area contributed by atoms with E-state index in [1.54, 1.807) is 6.08 Å². The molecule has 0 aliphatic rings. The Hall–Kier alpha value is -1.79. The first-order valence-electron chi connectivity index (χ1n) is 7.08. The number of allylic oxidation sites excluding steroid dienone is 1. The second-order valence-electron chi connectivity index (χ2n) is 5.12. The molecule has 0 bridgehead atoms. The maximum absolute atomic E-state index is 13.4. The summed E-state index contributed by atoms with van der Waals surface area (Å²) in [4.78, 5) is 0. The fourth-order valence-electron chi connectivity index (χ4n) is 2.24. The van der Waals surface area contributed by atoms with Gasteiger partial charge in [-0.1, -0.05) is 42.5 Å². The Labute approximate surface area is 126 Å². The van der Waals surface area contributed by atoms with Crippen LogP contribution < -0.4 is 9.83 Å². The predicted molar refractivity (Wildman–Crippen MR) is 89.9 cm³/mol. The number of hydrogen-bond acceptors (Lipinski definition) is 2. The molecule has 0 N–H and O–H groups in total. The first-order valence-corrected chi connectivity index (χ1v) is 8.89. The molecular formula is C18H21O2P. The fraction of sp³-hybridized carbons (Fsp3) is 0.222. The lowest BCUT2D eigenvalue weighted by atomic mass is 10.2. The molecule has 21 heavy (non-hydrogen) atoms. The van der Waals surface area contributed by atoms with Crippen molar-refractivity contribution in [1.82, 2.24) is 0 Å². The molecular weight excluding hydrogens is 279 g/mol. The number of hydrogen-bond donors (Lipinski definition) is 0. The third-order valence-corrected chi connectivity index (χ3v) is 6.02. The maximum Gasteiger partial charge on any atom is 0.277 e. The van der Waals surface area contributed by atoms with E-state index in [-0.39, 0.29) is 0 Å². The van der Waals surface area contributed by atoms with Gasteiger partial charge in [0.15, 0.2) is 0 Å². The van der Waals surface area contributed by atoms with Crippen LogP contribution >= 0.6 is 7.37 Å². The highest BCUT2D eigenvalue weighted by Gasteiger charge is 2.28. The van der Waals surface area contributed by atoms with E-state index in [0.29, 0.717) is 18.3 Å². The van der Waals surface area contributed by atoms with Gasteiger partial charge in [0.05, 0.1) is 5.30 Å². The zero-order valence-corrected chi connectivity index (χ0v) is 13.5. The van der Waals surface area contributed by atoms with Crippen molar-refractivity contribution in [2.75, 3.05) is 6.16 Å². The molecule has 0 saturated carbocycles. The minimum atomic E-state index is -2.95. The zero-order chi connectivity index (χ0) is 15.3. The number of para-hydroxylation sites is 1. The van der Waals surface area contributed by atoms with E-state index in [2.05, 4.69) is 6.58 Å². The van der Waals surface area contributed by atoms with Crippen LogP contribution in [0.15, 0.2) is 61.2 Å². The van der Waals surface area contributed by atoms with Crippen molar-refractivity contribution >= 4 is 12.7 Å². The minimum absolute atomic E-state index is 0.468. The van der Waals surface area contributed by atoms with Gasteiger partial charge in [-0.3, -0.25) is 4.57 Å². The Bertz CT molecular complexity index is 676. The molecule has 0 heterocycles. The third kappa shape index (κ3) is 3.65. The zero-order valence-electron chi connectivity index (χ0n) is 12.6. The number of aryl methyl sites for hydroxylation is 2. The molecule has 0 spiro atoms. The van der Waals surface area contributed by atoms with E-state index >= 15 is 0 Å². The van der Waals surface area contributed by atoms with Crippen LogP contribution in [0.25, 0.3) is 0 Å². The van der Waals surface area contributed by atoms with E-state index in [1.807, 2.05) is 62.4 Å². The number of benzene rings is 2. The van der Waals surface area contributed by atoms with Crippen molar-refractivity contribution in [3.05, 3.63) is 72.3 Å². The molecule has 0 radical (unpaired) electrons. The summed E-state index contributed by atoms with van der Waals surface area (Å²) in [7, 11) is -2.95. The lowest BCUT2D eigenvalue weighted by molar-refractivity contribution is 0.490. The molecule has 0 aliphatic heterocycles. The van der Waals surface area contributed by atoms with Gasteiger partial charge in [0, 0.05) is 6.16 Å². The van der Waals surface area contributed by atoms with Gasteiger partial charge in [-0.15, -0.1) is 6.58 Å². The standard InChI is InChI=1S/C18H21O2P/c1-4-5-14-21(19,18-13-9-7-11-16(18)3)20-17-12-8-6-10-15(17)2/h4,6-13H,1,5,14H2,2-3H3. The third-order valence-electron chi connectivity index (χ3n) is 3.45. The summed E-state index contributed by atoms with van der Waals surface area (Å²) >= 11 is 0. The molecule has 2 aromatic rings. The lowest BCUT2D eigenvalue weighted by Gasteiger charge is -2.22. The second-order valence-corrected chi connectivity index (χ2v) is 7.58. The fourth-order valence-corrected chi connectivity index (χ4v) is 4.64. The molecule has 2 nitrogen and oxygen atoms in total. The van der Waals surface area contributed by atoms with Crippen molar-refractivity contribution in [2.45, 2.75) is 20.3 Å². The smallest absolute Gasteiger partial charge is 0.277 e.